The molecule has 0 aliphatic carbocycles. The van der Waals surface area contributed by atoms with Gasteiger partial charge >= 0.3 is 0 Å². The number of hydrogen-bond acceptors (Lipinski definition) is 4. The van der Waals surface area contributed by atoms with Crippen molar-refractivity contribution >= 4 is 11.7 Å². The molecule has 1 amide bonds. The minimum atomic E-state index is -0.269. The summed E-state index contributed by atoms with van der Waals surface area (Å²) in [6.07, 6.45) is 2.13. The van der Waals surface area contributed by atoms with Gasteiger partial charge in [-0.1, -0.05) is 12.1 Å². The zero-order valence-corrected chi connectivity index (χ0v) is 11.6. The number of carbonyl (C=O) groups is 1. The first-order chi connectivity index (χ1) is 10.1. The van der Waals surface area contributed by atoms with Gasteiger partial charge in [0.15, 0.2) is 0 Å². The molecule has 21 heavy (non-hydrogen) atoms. The number of anilines is 1. The first kappa shape index (κ1) is 14.9. The van der Waals surface area contributed by atoms with Crippen molar-refractivity contribution in [2.75, 3.05) is 5.43 Å². The summed E-state index contributed by atoms with van der Waals surface area (Å²) >= 11 is 0. The van der Waals surface area contributed by atoms with Crippen LogP contribution in [0.15, 0.2) is 42.6 Å². The number of aromatic nitrogens is 1. The van der Waals surface area contributed by atoms with Crippen molar-refractivity contribution in [1.29, 1.82) is 0 Å². The van der Waals surface area contributed by atoms with Crippen LogP contribution in [0, 0.1) is 5.82 Å². The molecular formula is C15H17FN4O. The number of halogens is 1. The van der Waals surface area contributed by atoms with Crippen LogP contribution < -0.4 is 16.6 Å². The number of amides is 1. The van der Waals surface area contributed by atoms with E-state index in [9.17, 15) is 9.18 Å². The molecule has 0 fully saturated rings. The lowest BCUT2D eigenvalue weighted by atomic mass is 10.1. The van der Waals surface area contributed by atoms with E-state index < -0.39 is 0 Å². The molecule has 2 rings (SSSR count). The Morgan fingerprint density at radius 1 is 1.33 bits per heavy atom. The van der Waals surface area contributed by atoms with E-state index in [0.29, 0.717) is 17.8 Å². The monoisotopic (exact) mass is 288 g/mol. The molecular weight excluding hydrogens is 271 g/mol. The van der Waals surface area contributed by atoms with Crippen molar-refractivity contribution in [1.82, 2.24) is 10.3 Å². The maximum Gasteiger partial charge on any atom is 0.251 e. The number of rotatable bonds is 5. The second kappa shape index (κ2) is 6.81. The fraction of sp³-hybridized carbons (Fsp3) is 0.200. The fourth-order valence-electron chi connectivity index (χ4n) is 1.98. The maximum absolute atomic E-state index is 12.8. The Morgan fingerprint density at radius 3 is 2.71 bits per heavy atom. The third-order valence-corrected chi connectivity index (χ3v) is 3.00. The largest absolute Gasteiger partial charge is 0.349 e. The van der Waals surface area contributed by atoms with Crippen molar-refractivity contribution in [2.45, 2.75) is 19.4 Å². The highest BCUT2D eigenvalue weighted by Gasteiger charge is 2.11. The second-order valence-electron chi connectivity index (χ2n) is 4.78. The molecule has 0 radical (unpaired) electrons. The Morgan fingerprint density at radius 2 is 2.05 bits per heavy atom. The molecule has 1 aromatic heterocycles. The van der Waals surface area contributed by atoms with Gasteiger partial charge in [0.2, 0.25) is 0 Å². The molecule has 6 heteroatoms. The molecule has 5 nitrogen and oxygen atoms in total. The Kier molecular flexibility index (Phi) is 4.84. The van der Waals surface area contributed by atoms with E-state index in [1.165, 1.54) is 18.3 Å². The van der Waals surface area contributed by atoms with Gasteiger partial charge in [-0.3, -0.25) is 4.79 Å². The summed E-state index contributed by atoms with van der Waals surface area (Å²) in [7, 11) is 0. The number of nitrogen functional groups attached to an aromatic ring is 1. The van der Waals surface area contributed by atoms with Crippen molar-refractivity contribution in [3.05, 3.63) is 59.5 Å². The highest BCUT2D eigenvalue weighted by molar-refractivity contribution is 5.94. The van der Waals surface area contributed by atoms with Crippen molar-refractivity contribution < 1.29 is 9.18 Å². The van der Waals surface area contributed by atoms with Gasteiger partial charge in [-0.25, -0.2) is 15.2 Å². The minimum Gasteiger partial charge on any atom is -0.349 e. The van der Waals surface area contributed by atoms with Gasteiger partial charge in [0, 0.05) is 17.8 Å². The van der Waals surface area contributed by atoms with Crippen LogP contribution in [-0.4, -0.2) is 16.9 Å². The standard InChI is InChI=1S/C15H17FN4O/c1-10(8-11-2-4-13(16)5-3-11)19-15(21)12-6-7-18-14(9-12)20-17/h2-7,9-10H,8,17H2,1H3,(H,18,20)(H,19,21). The third-order valence-electron chi connectivity index (χ3n) is 3.00. The number of benzene rings is 1. The Bertz CT molecular complexity index is 615. The lowest BCUT2D eigenvalue weighted by molar-refractivity contribution is 0.0940. The molecule has 4 N–H and O–H groups in total. The van der Waals surface area contributed by atoms with Crippen LogP contribution in [0.2, 0.25) is 0 Å². The van der Waals surface area contributed by atoms with Gasteiger partial charge in [-0.05, 0) is 43.2 Å². The fourth-order valence-corrected chi connectivity index (χ4v) is 1.98. The average Bonchev–Trinajstić information content (AvgIpc) is 2.49. The van der Waals surface area contributed by atoms with Gasteiger partial charge in [0.25, 0.3) is 5.91 Å². The topological polar surface area (TPSA) is 80.0 Å². The highest BCUT2D eigenvalue weighted by atomic mass is 19.1. The number of hydrazine groups is 1. The Balaban J connectivity index is 1.96. The third kappa shape index (κ3) is 4.25. The molecule has 0 saturated heterocycles. The molecule has 2 aromatic rings. The number of carbonyl (C=O) groups excluding carboxylic acids is 1. The number of nitrogens with two attached hydrogens (primary N) is 1. The van der Waals surface area contributed by atoms with E-state index in [1.54, 1.807) is 24.3 Å². The van der Waals surface area contributed by atoms with Crippen LogP contribution in [0.25, 0.3) is 0 Å². The number of nitrogens with zero attached hydrogens (tertiary/aromatic N) is 1. The summed E-state index contributed by atoms with van der Waals surface area (Å²) in [5, 5.41) is 2.88. The van der Waals surface area contributed by atoms with E-state index in [-0.39, 0.29) is 17.8 Å². The van der Waals surface area contributed by atoms with E-state index >= 15 is 0 Å². The molecule has 0 aliphatic heterocycles. The van der Waals surface area contributed by atoms with Gasteiger partial charge in [0.1, 0.15) is 11.6 Å². The molecule has 0 saturated carbocycles. The predicted octanol–water partition coefficient (Wildman–Crippen LogP) is 1.87. The second-order valence-corrected chi connectivity index (χ2v) is 4.78. The number of hydrogen-bond donors (Lipinski definition) is 3. The van der Waals surface area contributed by atoms with Crippen LogP contribution in [0.5, 0.6) is 0 Å². The van der Waals surface area contributed by atoms with E-state index in [4.69, 9.17) is 5.84 Å². The van der Waals surface area contributed by atoms with E-state index in [1.807, 2.05) is 6.92 Å². The van der Waals surface area contributed by atoms with Crippen molar-refractivity contribution in [3.8, 4) is 0 Å². The minimum absolute atomic E-state index is 0.0783. The van der Waals surface area contributed by atoms with Crippen LogP contribution in [0.4, 0.5) is 10.2 Å². The molecule has 0 aliphatic rings. The first-order valence-electron chi connectivity index (χ1n) is 6.56. The normalized spacial score (nSPS) is 11.8. The SMILES string of the molecule is CC(Cc1ccc(F)cc1)NC(=O)c1ccnc(NN)c1. The van der Waals surface area contributed by atoms with Crippen LogP contribution in [0.3, 0.4) is 0 Å². The lowest BCUT2D eigenvalue weighted by Gasteiger charge is -2.14. The molecule has 1 unspecified atom stereocenters. The average molecular weight is 288 g/mol. The summed E-state index contributed by atoms with van der Waals surface area (Å²) in [6.45, 7) is 1.89. The molecule has 1 heterocycles. The lowest BCUT2D eigenvalue weighted by Crippen LogP contribution is -2.34. The Labute approximate surface area is 122 Å². The molecule has 0 bridgehead atoms. The van der Waals surface area contributed by atoms with Crippen LogP contribution in [-0.2, 0) is 6.42 Å². The maximum atomic E-state index is 12.8. The van der Waals surface area contributed by atoms with Crippen molar-refractivity contribution in [2.24, 2.45) is 5.84 Å². The highest BCUT2D eigenvalue weighted by Crippen LogP contribution is 2.08. The zero-order valence-electron chi connectivity index (χ0n) is 11.6. The molecule has 1 aromatic carbocycles. The van der Waals surface area contributed by atoms with Crippen LogP contribution >= 0.6 is 0 Å². The van der Waals surface area contributed by atoms with E-state index in [0.717, 1.165) is 5.56 Å². The van der Waals surface area contributed by atoms with Gasteiger partial charge in [-0.15, -0.1) is 0 Å². The first-order valence-corrected chi connectivity index (χ1v) is 6.56. The number of nitrogens with one attached hydrogen (secondary N) is 2. The predicted molar refractivity (Wildman–Crippen MR) is 79.1 cm³/mol. The smallest absolute Gasteiger partial charge is 0.251 e. The Hall–Kier alpha value is -2.47. The summed E-state index contributed by atoms with van der Waals surface area (Å²) in [4.78, 5) is 16.0. The molecule has 0 spiro atoms. The summed E-state index contributed by atoms with van der Waals surface area (Å²) < 4.78 is 12.8. The zero-order chi connectivity index (χ0) is 15.2. The van der Waals surface area contributed by atoms with Gasteiger partial charge < -0.3 is 10.7 Å². The number of pyridine rings is 1. The van der Waals surface area contributed by atoms with E-state index in [2.05, 4.69) is 15.7 Å². The summed E-state index contributed by atoms with van der Waals surface area (Å²) in [5.41, 5.74) is 3.83. The molecule has 1 atom stereocenters. The van der Waals surface area contributed by atoms with Gasteiger partial charge in [-0.2, -0.15) is 0 Å². The van der Waals surface area contributed by atoms with Crippen molar-refractivity contribution in [3.63, 3.8) is 0 Å². The summed E-state index contributed by atoms with van der Waals surface area (Å²) in [5.74, 6) is 5.21. The van der Waals surface area contributed by atoms with Crippen LogP contribution in [0.1, 0.15) is 22.8 Å². The van der Waals surface area contributed by atoms with Gasteiger partial charge in [0.05, 0.1) is 0 Å². The summed E-state index contributed by atoms with van der Waals surface area (Å²) in [6, 6.07) is 9.34. The quantitative estimate of drug-likeness (QED) is 0.579. The molecule has 110 valence electrons.